The van der Waals surface area contributed by atoms with E-state index in [2.05, 4.69) is 15.5 Å². The molecule has 1 N–H and O–H groups in total. The van der Waals surface area contributed by atoms with Crippen LogP contribution in [0.3, 0.4) is 0 Å². The molecular weight excluding hydrogens is 451 g/mol. The largest absolute Gasteiger partial charge is 0.346 e. The third-order valence-electron chi connectivity index (χ3n) is 4.67. The fourth-order valence-corrected chi connectivity index (χ4v) is 3.67. The van der Waals surface area contributed by atoms with Crippen molar-refractivity contribution < 1.29 is 0 Å². The number of nitrogens with zero attached hydrogens (tertiary/aromatic N) is 5. The zero-order chi connectivity index (χ0) is 21.3. The summed E-state index contributed by atoms with van der Waals surface area (Å²) in [5.41, 5.74) is 4.63. The fraction of sp³-hybridized carbons (Fsp3) is 0.316. The summed E-state index contributed by atoms with van der Waals surface area (Å²) in [6.45, 7) is 5.07. The number of nitrogens with one attached hydrogen (secondary N) is 1. The molecule has 0 aliphatic heterocycles. The molecule has 0 bridgehead atoms. The van der Waals surface area contributed by atoms with Crippen LogP contribution in [0.25, 0.3) is 0 Å². The summed E-state index contributed by atoms with van der Waals surface area (Å²) in [5, 5.41) is 14.4. The van der Waals surface area contributed by atoms with Gasteiger partial charge in [0.15, 0.2) is 5.11 Å². The smallest absolute Gasteiger partial charge is 0.173 e. The average Bonchev–Trinajstić information content (AvgIpc) is 3.12. The summed E-state index contributed by atoms with van der Waals surface area (Å²) < 4.78 is 3.66. The molecule has 0 amide bonds. The maximum absolute atomic E-state index is 6.20. The molecule has 2 heterocycles. The standard InChI is InChI=1S/C19H21Cl3N6S/c1-11-18(24-19(29)26(3)10-17-16(22)8-23-27(17)4)12(2)28(25-11)9-13-5-6-14(20)15(21)7-13/h5-8H,9-10H2,1-4H3,(H,24,29). The maximum atomic E-state index is 6.20. The molecule has 2 aromatic heterocycles. The van der Waals surface area contributed by atoms with E-state index in [-0.39, 0.29) is 0 Å². The molecule has 3 aromatic rings. The van der Waals surface area contributed by atoms with E-state index in [1.807, 2.05) is 49.7 Å². The predicted molar refractivity (Wildman–Crippen MR) is 123 cm³/mol. The topological polar surface area (TPSA) is 50.9 Å². The van der Waals surface area contributed by atoms with E-state index in [0.29, 0.717) is 33.3 Å². The molecule has 0 aliphatic rings. The SMILES string of the molecule is Cc1nn(Cc2ccc(Cl)c(Cl)c2)c(C)c1NC(=S)N(C)Cc1c(Cl)cnn1C. The van der Waals surface area contributed by atoms with Crippen molar-refractivity contribution in [2.24, 2.45) is 7.05 Å². The third-order valence-corrected chi connectivity index (χ3v) is 6.14. The lowest BCUT2D eigenvalue weighted by Gasteiger charge is -2.21. The number of benzene rings is 1. The second kappa shape index (κ2) is 8.92. The van der Waals surface area contributed by atoms with Gasteiger partial charge >= 0.3 is 0 Å². The molecule has 0 spiro atoms. The van der Waals surface area contributed by atoms with E-state index in [0.717, 1.165) is 28.3 Å². The van der Waals surface area contributed by atoms with E-state index in [1.165, 1.54) is 0 Å². The molecule has 0 unspecified atom stereocenters. The number of thiocarbonyl (C=S) groups is 1. The zero-order valence-electron chi connectivity index (χ0n) is 16.5. The van der Waals surface area contributed by atoms with Crippen LogP contribution in [0.15, 0.2) is 24.4 Å². The van der Waals surface area contributed by atoms with Crippen LogP contribution in [0, 0.1) is 13.8 Å². The molecule has 0 saturated carbocycles. The van der Waals surface area contributed by atoms with Gasteiger partial charge in [0.25, 0.3) is 0 Å². The molecule has 0 fully saturated rings. The molecule has 0 atom stereocenters. The van der Waals surface area contributed by atoms with Crippen LogP contribution < -0.4 is 5.32 Å². The molecular formula is C19H21Cl3N6S. The first-order chi connectivity index (χ1) is 13.7. The molecule has 6 nitrogen and oxygen atoms in total. The number of hydrogen-bond acceptors (Lipinski definition) is 3. The Kier molecular flexibility index (Phi) is 6.73. The Hall–Kier alpha value is -1.80. The van der Waals surface area contributed by atoms with E-state index in [4.69, 9.17) is 47.0 Å². The summed E-state index contributed by atoms with van der Waals surface area (Å²) >= 11 is 23.9. The van der Waals surface area contributed by atoms with Crippen LogP contribution in [0.1, 0.15) is 22.6 Å². The molecule has 29 heavy (non-hydrogen) atoms. The average molecular weight is 472 g/mol. The van der Waals surface area contributed by atoms with Crippen LogP contribution in [-0.4, -0.2) is 36.6 Å². The number of hydrogen-bond donors (Lipinski definition) is 1. The van der Waals surface area contributed by atoms with Gasteiger partial charge in [-0.2, -0.15) is 10.2 Å². The van der Waals surface area contributed by atoms with Gasteiger partial charge in [0.05, 0.1) is 57.1 Å². The van der Waals surface area contributed by atoms with Crippen molar-refractivity contribution in [3.05, 3.63) is 62.1 Å². The number of anilines is 1. The van der Waals surface area contributed by atoms with Gasteiger partial charge in [-0.15, -0.1) is 0 Å². The number of halogens is 3. The Bertz CT molecular complexity index is 1040. The lowest BCUT2D eigenvalue weighted by atomic mass is 10.2. The molecule has 0 saturated heterocycles. The molecule has 0 aliphatic carbocycles. The van der Waals surface area contributed by atoms with Crippen molar-refractivity contribution in [2.75, 3.05) is 12.4 Å². The first-order valence-corrected chi connectivity index (χ1v) is 10.4. The van der Waals surface area contributed by atoms with Crippen LogP contribution in [-0.2, 0) is 20.1 Å². The lowest BCUT2D eigenvalue weighted by Crippen LogP contribution is -2.31. The second-order valence-electron chi connectivity index (χ2n) is 6.80. The van der Waals surface area contributed by atoms with E-state index >= 15 is 0 Å². The van der Waals surface area contributed by atoms with Gasteiger partial charge in [0.2, 0.25) is 0 Å². The third kappa shape index (κ3) is 4.86. The maximum Gasteiger partial charge on any atom is 0.173 e. The summed E-state index contributed by atoms with van der Waals surface area (Å²) in [4.78, 5) is 1.91. The Morgan fingerprint density at radius 2 is 1.90 bits per heavy atom. The highest BCUT2D eigenvalue weighted by molar-refractivity contribution is 7.80. The van der Waals surface area contributed by atoms with Crippen LogP contribution >= 0.6 is 47.0 Å². The normalized spacial score (nSPS) is 11.0. The highest BCUT2D eigenvalue weighted by Gasteiger charge is 2.17. The number of aromatic nitrogens is 4. The van der Waals surface area contributed by atoms with Crippen molar-refractivity contribution in [1.82, 2.24) is 24.5 Å². The van der Waals surface area contributed by atoms with Crippen molar-refractivity contribution in [3.63, 3.8) is 0 Å². The lowest BCUT2D eigenvalue weighted by molar-refractivity contribution is 0.482. The minimum absolute atomic E-state index is 0.528. The van der Waals surface area contributed by atoms with Crippen molar-refractivity contribution in [1.29, 1.82) is 0 Å². The van der Waals surface area contributed by atoms with Gasteiger partial charge in [-0.25, -0.2) is 0 Å². The Balaban J connectivity index is 1.74. The number of rotatable bonds is 5. The second-order valence-corrected chi connectivity index (χ2v) is 8.41. The van der Waals surface area contributed by atoms with Crippen LogP contribution in [0.4, 0.5) is 5.69 Å². The van der Waals surface area contributed by atoms with Crippen molar-refractivity contribution >= 4 is 57.8 Å². The number of aryl methyl sites for hydroxylation is 2. The monoisotopic (exact) mass is 470 g/mol. The highest BCUT2D eigenvalue weighted by atomic mass is 35.5. The first-order valence-electron chi connectivity index (χ1n) is 8.83. The minimum atomic E-state index is 0.528. The van der Waals surface area contributed by atoms with E-state index in [1.54, 1.807) is 16.9 Å². The highest BCUT2D eigenvalue weighted by Crippen LogP contribution is 2.25. The molecule has 10 heteroatoms. The Morgan fingerprint density at radius 1 is 1.17 bits per heavy atom. The molecule has 1 aromatic carbocycles. The van der Waals surface area contributed by atoms with Gasteiger partial charge in [0.1, 0.15) is 0 Å². The van der Waals surface area contributed by atoms with Crippen molar-refractivity contribution in [2.45, 2.75) is 26.9 Å². The predicted octanol–water partition coefficient (Wildman–Crippen LogP) is 5.07. The molecule has 0 radical (unpaired) electrons. The van der Waals surface area contributed by atoms with Crippen LogP contribution in [0.5, 0.6) is 0 Å². The summed E-state index contributed by atoms with van der Waals surface area (Å²) in [6.07, 6.45) is 1.63. The van der Waals surface area contributed by atoms with Gasteiger partial charge in [-0.05, 0) is 43.8 Å². The quantitative estimate of drug-likeness (QED) is 0.526. The van der Waals surface area contributed by atoms with Gasteiger partial charge < -0.3 is 10.2 Å². The van der Waals surface area contributed by atoms with Gasteiger partial charge in [-0.1, -0.05) is 40.9 Å². The molecule has 3 rings (SSSR count). The summed E-state index contributed by atoms with van der Waals surface area (Å²) in [5.74, 6) is 0. The van der Waals surface area contributed by atoms with E-state index in [9.17, 15) is 0 Å². The van der Waals surface area contributed by atoms with Crippen LogP contribution in [0.2, 0.25) is 15.1 Å². The van der Waals surface area contributed by atoms with E-state index < -0.39 is 0 Å². The zero-order valence-corrected chi connectivity index (χ0v) is 19.6. The molecule has 154 valence electrons. The summed E-state index contributed by atoms with van der Waals surface area (Å²) in [6, 6.07) is 5.58. The first kappa shape index (κ1) is 21.9. The Morgan fingerprint density at radius 3 is 2.52 bits per heavy atom. The minimum Gasteiger partial charge on any atom is -0.346 e. The Labute approximate surface area is 190 Å². The summed E-state index contributed by atoms with van der Waals surface area (Å²) in [7, 11) is 3.76. The van der Waals surface area contributed by atoms with Gasteiger partial charge in [-0.3, -0.25) is 9.36 Å². The van der Waals surface area contributed by atoms with Gasteiger partial charge in [0, 0.05) is 14.1 Å². The van der Waals surface area contributed by atoms with Crippen molar-refractivity contribution in [3.8, 4) is 0 Å². The fourth-order valence-electron chi connectivity index (χ4n) is 2.96.